The summed E-state index contributed by atoms with van der Waals surface area (Å²) in [5.74, 6) is 0.123. The van der Waals surface area contributed by atoms with Gasteiger partial charge in [-0.3, -0.25) is 0 Å². The minimum Gasteiger partial charge on any atom is -0.369 e. The number of aryl methyl sites for hydroxylation is 2. The highest BCUT2D eigenvalue weighted by Gasteiger charge is 2.19. The van der Waals surface area contributed by atoms with Crippen LogP contribution in [-0.4, -0.2) is 14.5 Å². The minimum atomic E-state index is -0.262. The first kappa shape index (κ1) is 14.0. The third-order valence-corrected chi connectivity index (χ3v) is 4.97. The maximum absolute atomic E-state index is 13.7. The van der Waals surface area contributed by atoms with Gasteiger partial charge in [-0.1, -0.05) is 6.92 Å². The molecular weight excluding hydrogens is 287 g/mol. The van der Waals surface area contributed by atoms with Gasteiger partial charge in [0, 0.05) is 17.1 Å². The van der Waals surface area contributed by atoms with Crippen LogP contribution in [0.15, 0.2) is 18.3 Å². The monoisotopic (exact) mass is 304 g/mol. The zero-order valence-corrected chi connectivity index (χ0v) is 13.0. The number of nitrogen functional groups attached to an aromatic ring is 1. The molecule has 0 saturated heterocycles. The zero-order chi connectivity index (χ0) is 15.1. The molecule has 3 rings (SSSR count). The molecule has 110 valence electrons. The van der Waals surface area contributed by atoms with E-state index in [1.807, 2.05) is 17.7 Å². The first-order valence-corrected chi connectivity index (χ1v) is 7.71. The Balaban J connectivity index is 2.14. The van der Waals surface area contributed by atoms with Crippen molar-refractivity contribution >= 4 is 28.3 Å². The van der Waals surface area contributed by atoms with Crippen molar-refractivity contribution < 1.29 is 4.39 Å². The smallest absolute Gasteiger partial charge is 0.201 e. The van der Waals surface area contributed by atoms with Crippen LogP contribution in [0, 0.1) is 12.7 Å². The predicted octanol–water partition coefficient (Wildman–Crippen LogP) is 3.69. The van der Waals surface area contributed by atoms with Gasteiger partial charge >= 0.3 is 0 Å². The lowest BCUT2D eigenvalue weighted by molar-refractivity contribution is 0.619. The van der Waals surface area contributed by atoms with E-state index in [1.54, 1.807) is 24.3 Å². The summed E-state index contributed by atoms with van der Waals surface area (Å²) >= 11 is 1.67. The zero-order valence-electron chi connectivity index (χ0n) is 12.2. The average Bonchev–Trinajstić information content (AvgIpc) is 3.03. The molecule has 0 spiro atoms. The molecule has 21 heavy (non-hydrogen) atoms. The van der Waals surface area contributed by atoms with E-state index < -0.39 is 0 Å². The highest BCUT2D eigenvalue weighted by Crippen LogP contribution is 2.30. The van der Waals surface area contributed by atoms with Gasteiger partial charge in [0.15, 0.2) is 0 Å². The first-order valence-electron chi connectivity index (χ1n) is 6.89. The van der Waals surface area contributed by atoms with Gasteiger partial charge in [0.05, 0.1) is 17.1 Å². The van der Waals surface area contributed by atoms with Crippen molar-refractivity contribution in [3.63, 3.8) is 0 Å². The molecule has 0 aliphatic heterocycles. The number of nitrogens with two attached hydrogens (primary N) is 1. The van der Waals surface area contributed by atoms with Gasteiger partial charge in [0.25, 0.3) is 0 Å². The van der Waals surface area contributed by atoms with Gasteiger partial charge in [-0.25, -0.2) is 14.4 Å². The summed E-state index contributed by atoms with van der Waals surface area (Å²) < 4.78 is 15.6. The number of imidazole rings is 1. The maximum atomic E-state index is 13.7. The Hall–Kier alpha value is -1.95. The van der Waals surface area contributed by atoms with Crippen LogP contribution >= 0.6 is 11.3 Å². The second-order valence-electron chi connectivity index (χ2n) is 5.12. The van der Waals surface area contributed by atoms with Crippen molar-refractivity contribution in [1.29, 1.82) is 0 Å². The topological polar surface area (TPSA) is 56.7 Å². The number of thiazole rings is 1. The second-order valence-corrected chi connectivity index (χ2v) is 6.27. The molecule has 0 fully saturated rings. The average molecular weight is 304 g/mol. The Morgan fingerprint density at radius 1 is 1.43 bits per heavy atom. The summed E-state index contributed by atoms with van der Waals surface area (Å²) in [6.45, 7) is 5.88. The summed E-state index contributed by atoms with van der Waals surface area (Å²) in [6, 6.07) is 3.20. The van der Waals surface area contributed by atoms with E-state index in [-0.39, 0.29) is 11.9 Å². The highest BCUT2D eigenvalue weighted by molar-refractivity contribution is 7.11. The minimum absolute atomic E-state index is 0.0230. The van der Waals surface area contributed by atoms with Gasteiger partial charge in [0.2, 0.25) is 5.95 Å². The summed E-state index contributed by atoms with van der Waals surface area (Å²) in [6.07, 6.45) is 2.87. The second kappa shape index (κ2) is 5.11. The lowest BCUT2D eigenvalue weighted by Gasteiger charge is -2.13. The molecule has 3 aromatic rings. The van der Waals surface area contributed by atoms with E-state index in [2.05, 4.69) is 16.9 Å². The standard InChI is InChI=1S/C15H17FN4S/c1-4-10-7-18-14(21-10)9(3)20-13-5-8(2)11(16)6-12(13)19-15(20)17/h5-7,9H,4H2,1-3H3,(H2,17,19). The molecule has 2 heterocycles. The fraction of sp³-hybridized carbons (Fsp3) is 0.333. The van der Waals surface area contributed by atoms with Crippen LogP contribution in [-0.2, 0) is 6.42 Å². The Morgan fingerprint density at radius 2 is 2.19 bits per heavy atom. The number of fused-ring (bicyclic) bond motifs is 1. The van der Waals surface area contributed by atoms with Crippen LogP contribution in [0.5, 0.6) is 0 Å². The predicted molar refractivity (Wildman–Crippen MR) is 84.1 cm³/mol. The number of hydrogen-bond donors (Lipinski definition) is 1. The van der Waals surface area contributed by atoms with Crippen LogP contribution in [0.2, 0.25) is 0 Å². The third kappa shape index (κ3) is 2.29. The van der Waals surface area contributed by atoms with Gasteiger partial charge in [-0.05, 0) is 31.9 Å². The van der Waals surface area contributed by atoms with E-state index in [0.717, 1.165) is 16.9 Å². The summed E-state index contributed by atoms with van der Waals surface area (Å²) in [5, 5.41) is 0.986. The van der Waals surface area contributed by atoms with E-state index in [4.69, 9.17) is 5.73 Å². The lowest BCUT2D eigenvalue weighted by atomic mass is 10.2. The fourth-order valence-corrected chi connectivity index (χ4v) is 3.34. The van der Waals surface area contributed by atoms with E-state index in [9.17, 15) is 4.39 Å². The molecule has 0 saturated carbocycles. The summed E-state index contributed by atoms with van der Waals surface area (Å²) in [5.41, 5.74) is 8.04. The Bertz CT molecular complexity index is 805. The third-order valence-electron chi connectivity index (χ3n) is 3.66. The molecule has 1 aromatic carbocycles. The van der Waals surface area contributed by atoms with Crippen LogP contribution in [0.1, 0.15) is 35.3 Å². The number of anilines is 1. The van der Waals surface area contributed by atoms with E-state index in [0.29, 0.717) is 17.0 Å². The molecule has 2 aromatic heterocycles. The van der Waals surface area contributed by atoms with Crippen LogP contribution in [0.3, 0.4) is 0 Å². The van der Waals surface area contributed by atoms with E-state index >= 15 is 0 Å². The van der Waals surface area contributed by atoms with Crippen molar-refractivity contribution in [3.05, 3.63) is 39.6 Å². The fourth-order valence-electron chi connectivity index (χ4n) is 2.44. The first-order chi connectivity index (χ1) is 10.0. The number of benzene rings is 1. The number of aromatic nitrogens is 3. The SMILES string of the molecule is CCc1cnc(C(C)n2c(N)nc3cc(F)c(C)cc32)s1. The molecule has 2 N–H and O–H groups in total. The van der Waals surface area contributed by atoms with Gasteiger partial charge < -0.3 is 10.3 Å². The Labute approximate surface area is 126 Å². The van der Waals surface area contributed by atoms with Crippen LogP contribution < -0.4 is 5.73 Å². The molecule has 0 aliphatic carbocycles. The highest BCUT2D eigenvalue weighted by atomic mass is 32.1. The van der Waals surface area contributed by atoms with Gasteiger partial charge in [-0.15, -0.1) is 11.3 Å². The van der Waals surface area contributed by atoms with Crippen molar-refractivity contribution in [2.75, 3.05) is 5.73 Å². The van der Waals surface area contributed by atoms with Crippen molar-refractivity contribution in [2.45, 2.75) is 33.2 Å². The number of nitrogens with zero attached hydrogens (tertiary/aromatic N) is 3. The number of hydrogen-bond acceptors (Lipinski definition) is 4. The number of halogens is 1. The molecule has 1 unspecified atom stereocenters. The van der Waals surface area contributed by atoms with Crippen molar-refractivity contribution in [3.8, 4) is 0 Å². The molecule has 0 amide bonds. The summed E-state index contributed by atoms with van der Waals surface area (Å²) in [7, 11) is 0. The molecule has 6 heteroatoms. The molecule has 0 aliphatic rings. The molecule has 1 atom stereocenters. The molecule has 4 nitrogen and oxygen atoms in total. The van der Waals surface area contributed by atoms with Crippen molar-refractivity contribution in [2.24, 2.45) is 0 Å². The molecule has 0 bridgehead atoms. The lowest BCUT2D eigenvalue weighted by Crippen LogP contribution is -2.10. The normalized spacial score (nSPS) is 13.0. The Morgan fingerprint density at radius 3 is 2.86 bits per heavy atom. The molecule has 0 radical (unpaired) electrons. The quantitative estimate of drug-likeness (QED) is 0.803. The van der Waals surface area contributed by atoms with Crippen LogP contribution in [0.4, 0.5) is 10.3 Å². The molecular formula is C15H17FN4S. The van der Waals surface area contributed by atoms with Gasteiger partial charge in [-0.2, -0.15) is 0 Å². The largest absolute Gasteiger partial charge is 0.369 e. The van der Waals surface area contributed by atoms with E-state index in [1.165, 1.54) is 10.9 Å². The van der Waals surface area contributed by atoms with Gasteiger partial charge in [0.1, 0.15) is 10.8 Å². The van der Waals surface area contributed by atoms with Crippen molar-refractivity contribution in [1.82, 2.24) is 14.5 Å². The summed E-state index contributed by atoms with van der Waals surface area (Å²) in [4.78, 5) is 9.98. The van der Waals surface area contributed by atoms with Crippen LogP contribution in [0.25, 0.3) is 11.0 Å². The maximum Gasteiger partial charge on any atom is 0.201 e. The Kier molecular flexibility index (Phi) is 3.41. The number of rotatable bonds is 3.